The Labute approximate surface area is 140 Å². The largest absolute Gasteiger partial charge is 0.507 e. The molecule has 6 heteroatoms. The van der Waals surface area contributed by atoms with Crippen LogP contribution in [0.3, 0.4) is 0 Å². The van der Waals surface area contributed by atoms with Crippen LogP contribution in [-0.4, -0.2) is 16.3 Å². The summed E-state index contributed by atoms with van der Waals surface area (Å²) in [5.41, 5.74) is 5.49. The number of anilines is 1. The van der Waals surface area contributed by atoms with E-state index < -0.39 is 0 Å². The average Bonchev–Trinajstić information content (AvgIpc) is 3.00. The first kappa shape index (κ1) is 14.7. The Hall–Kier alpha value is -2.18. The normalized spacial score (nSPS) is 11.0. The van der Waals surface area contributed by atoms with Gasteiger partial charge in [0.15, 0.2) is 0 Å². The standard InChI is InChI=1S/C16H12BrN3OS/c17-13-6-7-15(21)12(8-13)9-18-20-16-19-14(10-22-16)11-4-2-1-3-5-11/h1-10,21H,(H,19,20)/b18-9-. The lowest BCUT2D eigenvalue weighted by atomic mass is 10.2. The fourth-order valence-corrected chi connectivity index (χ4v) is 2.90. The van der Waals surface area contributed by atoms with Crippen molar-refractivity contribution in [1.82, 2.24) is 4.98 Å². The molecule has 0 spiro atoms. The number of aromatic hydroxyl groups is 1. The molecule has 3 aromatic rings. The van der Waals surface area contributed by atoms with E-state index in [2.05, 4.69) is 31.4 Å². The zero-order valence-corrected chi connectivity index (χ0v) is 13.8. The van der Waals surface area contributed by atoms with Crippen molar-refractivity contribution in [1.29, 1.82) is 0 Å². The zero-order valence-electron chi connectivity index (χ0n) is 11.4. The molecule has 0 saturated carbocycles. The van der Waals surface area contributed by atoms with Gasteiger partial charge in [-0.1, -0.05) is 46.3 Å². The molecule has 110 valence electrons. The van der Waals surface area contributed by atoms with Gasteiger partial charge in [-0.25, -0.2) is 4.98 Å². The number of hydrogen-bond acceptors (Lipinski definition) is 5. The number of nitrogens with one attached hydrogen (secondary N) is 1. The summed E-state index contributed by atoms with van der Waals surface area (Å²) < 4.78 is 0.882. The van der Waals surface area contributed by atoms with Crippen LogP contribution in [0.1, 0.15) is 5.56 Å². The summed E-state index contributed by atoms with van der Waals surface area (Å²) in [5.74, 6) is 0.179. The summed E-state index contributed by atoms with van der Waals surface area (Å²) in [6.45, 7) is 0. The topological polar surface area (TPSA) is 57.5 Å². The van der Waals surface area contributed by atoms with E-state index in [1.165, 1.54) is 11.3 Å². The maximum Gasteiger partial charge on any atom is 0.203 e. The second-order valence-corrected chi connectivity index (χ2v) is 6.25. The van der Waals surface area contributed by atoms with Crippen molar-refractivity contribution >= 4 is 38.6 Å². The Morgan fingerprint density at radius 3 is 2.82 bits per heavy atom. The van der Waals surface area contributed by atoms with Gasteiger partial charge < -0.3 is 5.11 Å². The van der Waals surface area contributed by atoms with Crippen molar-refractivity contribution in [2.75, 3.05) is 5.43 Å². The summed E-state index contributed by atoms with van der Waals surface area (Å²) >= 11 is 4.84. The van der Waals surface area contributed by atoms with Crippen LogP contribution in [-0.2, 0) is 0 Å². The monoisotopic (exact) mass is 373 g/mol. The van der Waals surface area contributed by atoms with Crippen molar-refractivity contribution in [2.24, 2.45) is 5.10 Å². The van der Waals surface area contributed by atoms with Gasteiger partial charge in [0.25, 0.3) is 0 Å². The van der Waals surface area contributed by atoms with Gasteiger partial charge in [0, 0.05) is 21.0 Å². The minimum absolute atomic E-state index is 0.179. The number of aromatic nitrogens is 1. The summed E-state index contributed by atoms with van der Waals surface area (Å²) in [5, 5.41) is 16.5. The van der Waals surface area contributed by atoms with E-state index in [0.717, 1.165) is 15.7 Å². The van der Waals surface area contributed by atoms with Gasteiger partial charge in [-0.3, -0.25) is 5.43 Å². The van der Waals surface area contributed by atoms with Crippen molar-refractivity contribution in [2.45, 2.75) is 0 Å². The van der Waals surface area contributed by atoms with Gasteiger partial charge >= 0.3 is 0 Å². The number of benzene rings is 2. The van der Waals surface area contributed by atoms with E-state index in [9.17, 15) is 5.11 Å². The van der Waals surface area contributed by atoms with E-state index in [-0.39, 0.29) is 5.75 Å². The van der Waals surface area contributed by atoms with Crippen molar-refractivity contribution in [3.8, 4) is 17.0 Å². The van der Waals surface area contributed by atoms with Gasteiger partial charge in [-0.05, 0) is 18.2 Å². The second kappa shape index (κ2) is 6.72. The first-order valence-corrected chi connectivity index (χ1v) is 8.18. The highest BCUT2D eigenvalue weighted by Gasteiger charge is 2.03. The first-order chi connectivity index (χ1) is 10.7. The van der Waals surface area contributed by atoms with E-state index in [0.29, 0.717) is 10.7 Å². The van der Waals surface area contributed by atoms with Crippen LogP contribution in [0.4, 0.5) is 5.13 Å². The van der Waals surface area contributed by atoms with Gasteiger partial charge in [-0.15, -0.1) is 11.3 Å². The number of nitrogens with zero attached hydrogens (tertiary/aromatic N) is 2. The SMILES string of the molecule is Oc1ccc(Br)cc1/C=N\Nc1nc(-c2ccccc2)cs1. The van der Waals surface area contributed by atoms with Crippen LogP contribution in [0, 0.1) is 0 Å². The molecule has 0 amide bonds. The number of phenolic OH excluding ortho intramolecular Hbond substituents is 1. The molecular formula is C16H12BrN3OS. The highest BCUT2D eigenvalue weighted by molar-refractivity contribution is 9.10. The van der Waals surface area contributed by atoms with E-state index in [1.807, 2.05) is 35.7 Å². The van der Waals surface area contributed by atoms with Crippen molar-refractivity contribution in [3.63, 3.8) is 0 Å². The van der Waals surface area contributed by atoms with E-state index >= 15 is 0 Å². The number of rotatable bonds is 4. The lowest BCUT2D eigenvalue weighted by molar-refractivity contribution is 0.474. The van der Waals surface area contributed by atoms with Crippen LogP contribution >= 0.6 is 27.3 Å². The second-order valence-electron chi connectivity index (χ2n) is 4.48. The van der Waals surface area contributed by atoms with Crippen LogP contribution in [0.25, 0.3) is 11.3 Å². The van der Waals surface area contributed by atoms with Crippen LogP contribution in [0.15, 0.2) is 63.5 Å². The lowest BCUT2D eigenvalue weighted by Crippen LogP contribution is -1.90. The maximum absolute atomic E-state index is 9.73. The number of halogens is 1. The fourth-order valence-electron chi connectivity index (χ4n) is 1.85. The molecular weight excluding hydrogens is 362 g/mol. The van der Waals surface area contributed by atoms with E-state index in [4.69, 9.17) is 0 Å². The third kappa shape index (κ3) is 3.52. The smallest absolute Gasteiger partial charge is 0.203 e. The summed E-state index contributed by atoms with van der Waals surface area (Å²) in [6, 6.07) is 15.1. The Morgan fingerprint density at radius 1 is 1.18 bits per heavy atom. The highest BCUT2D eigenvalue weighted by Crippen LogP contribution is 2.25. The number of phenols is 1. The van der Waals surface area contributed by atoms with Crippen LogP contribution in [0.5, 0.6) is 5.75 Å². The molecule has 0 aliphatic heterocycles. The molecule has 0 aliphatic rings. The molecule has 1 aromatic heterocycles. The molecule has 0 fully saturated rings. The van der Waals surface area contributed by atoms with Gasteiger partial charge in [0.2, 0.25) is 5.13 Å². The fraction of sp³-hybridized carbons (Fsp3) is 0. The number of thiazole rings is 1. The molecule has 2 N–H and O–H groups in total. The van der Waals surface area contributed by atoms with Crippen LogP contribution in [0.2, 0.25) is 0 Å². The predicted octanol–water partition coefficient (Wildman–Crippen LogP) is 4.72. The third-order valence-electron chi connectivity index (χ3n) is 2.93. The zero-order chi connectivity index (χ0) is 15.4. The number of hydrazone groups is 1. The van der Waals surface area contributed by atoms with Gasteiger partial charge in [0.05, 0.1) is 11.9 Å². The third-order valence-corrected chi connectivity index (χ3v) is 4.17. The minimum atomic E-state index is 0.179. The van der Waals surface area contributed by atoms with Crippen molar-refractivity contribution in [3.05, 3.63) is 63.9 Å². The summed E-state index contributed by atoms with van der Waals surface area (Å²) in [4.78, 5) is 4.47. The van der Waals surface area contributed by atoms with Gasteiger partial charge in [0.1, 0.15) is 5.75 Å². The molecule has 2 aromatic carbocycles. The molecule has 0 atom stereocenters. The summed E-state index contributed by atoms with van der Waals surface area (Å²) in [6.07, 6.45) is 1.56. The average molecular weight is 374 g/mol. The molecule has 0 saturated heterocycles. The van der Waals surface area contributed by atoms with Crippen molar-refractivity contribution < 1.29 is 5.11 Å². The molecule has 3 rings (SSSR count). The Morgan fingerprint density at radius 2 is 2.00 bits per heavy atom. The quantitative estimate of drug-likeness (QED) is 0.513. The highest BCUT2D eigenvalue weighted by atomic mass is 79.9. The Balaban J connectivity index is 1.71. The maximum atomic E-state index is 9.73. The molecule has 0 unspecified atom stereocenters. The molecule has 1 heterocycles. The molecule has 0 bridgehead atoms. The predicted molar refractivity (Wildman–Crippen MR) is 94.6 cm³/mol. The van der Waals surface area contributed by atoms with Gasteiger partial charge in [-0.2, -0.15) is 5.10 Å². The first-order valence-electron chi connectivity index (χ1n) is 6.51. The molecule has 4 nitrogen and oxygen atoms in total. The molecule has 0 aliphatic carbocycles. The molecule has 0 radical (unpaired) electrons. The molecule has 22 heavy (non-hydrogen) atoms. The Bertz CT molecular complexity index is 802. The van der Waals surface area contributed by atoms with Crippen LogP contribution < -0.4 is 5.43 Å². The number of hydrogen-bond donors (Lipinski definition) is 2. The lowest BCUT2D eigenvalue weighted by Gasteiger charge is -1.99. The van der Waals surface area contributed by atoms with E-state index in [1.54, 1.807) is 24.4 Å². The summed E-state index contributed by atoms with van der Waals surface area (Å²) in [7, 11) is 0. The minimum Gasteiger partial charge on any atom is -0.507 e. The Kier molecular flexibility index (Phi) is 4.50.